The number of thioether (sulfide) groups is 2. The number of nitrogens with zero attached hydrogens (tertiary/aromatic N) is 1. The van der Waals surface area contributed by atoms with Crippen molar-refractivity contribution >= 4 is 47.2 Å². The maximum Gasteiger partial charge on any atom is 0.277 e. The molecule has 0 unspecified atom stereocenters. The molecule has 192 valence electrons. The van der Waals surface area contributed by atoms with E-state index in [-0.39, 0.29) is 19.1 Å². The van der Waals surface area contributed by atoms with Gasteiger partial charge in [-0.1, -0.05) is 36.4 Å². The monoisotopic (exact) mass is 537 g/mol. The number of rotatable bonds is 11. The molecule has 1 saturated heterocycles. The van der Waals surface area contributed by atoms with Gasteiger partial charge in [-0.15, -0.1) is 23.5 Å². The predicted molar refractivity (Wildman–Crippen MR) is 149 cm³/mol. The maximum atomic E-state index is 12.3. The average molecular weight is 538 g/mol. The van der Waals surface area contributed by atoms with Crippen LogP contribution in [0.3, 0.4) is 0 Å². The zero-order chi connectivity index (χ0) is 25.9. The molecule has 0 spiro atoms. The van der Waals surface area contributed by atoms with Gasteiger partial charge in [0.2, 0.25) is 0 Å². The van der Waals surface area contributed by atoms with Crippen molar-refractivity contribution in [2.75, 3.05) is 37.1 Å². The van der Waals surface area contributed by atoms with Gasteiger partial charge in [0.25, 0.3) is 11.8 Å². The average Bonchev–Trinajstić information content (AvgIpc) is 3.47. The van der Waals surface area contributed by atoms with Gasteiger partial charge in [0.1, 0.15) is 5.75 Å². The molecule has 2 amide bonds. The van der Waals surface area contributed by atoms with Gasteiger partial charge in [0.15, 0.2) is 24.7 Å². The lowest BCUT2D eigenvalue weighted by Crippen LogP contribution is -2.24. The first-order valence-corrected chi connectivity index (χ1v) is 13.6. The number of para-hydroxylation sites is 2. The van der Waals surface area contributed by atoms with Crippen LogP contribution in [-0.2, 0) is 9.59 Å². The molecule has 1 aliphatic heterocycles. The van der Waals surface area contributed by atoms with Crippen molar-refractivity contribution in [3.63, 3.8) is 0 Å². The van der Waals surface area contributed by atoms with Gasteiger partial charge in [-0.3, -0.25) is 9.59 Å². The Balaban J connectivity index is 1.28. The SMILES string of the molecule is COc1cccc(/C=N\NC(=O)COc2ccc(C3SCCS3)cc2)c1OCC(=O)Nc1ccccc1. The topological polar surface area (TPSA) is 98.2 Å². The van der Waals surface area contributed by atoms with Crippen molar-refractivity contribution in [3.8, 4) is 17.2 Å². The summed E-state index contributed by atoms with van der Waals surface area (Å²) in [5.74, 6) is 3.00. The van der Waals surface area contributed by atoms with Crippen LogP contribution in [0.25, 0.3) is 0 Å². The fraction of sp³-hybridized carbons (Fsp3) is 0.222. The lowest BCUT2D eigenvalue weighted by atomic mass is 10.2. The number of carbonyl (C=O) groups is 2. The number of benzene rings is 3. The number of ether oxygens (including phenoxy) is 3. The maximum absolute atomic E-state index is 12.3. The first-order chi connectivity index (χ1) is 18.1. The van der Waals surface area contributed by atoms with Crippen LogP contribution >= 0.6 is 23.5 Å². The summed E-state index contributed by atoms with van der Waals surface area (Å²) >= 11 is 3.88. The molecule has 0 aromatic heterocycles. The molecule has 4 rings (SSSR count). The van der Waals surface area contributed by atoms with Crippen molar-refractivity contribution in [3.05, 3.63) is 83.9 Å². The highest BCUT2D eigenvalue weighted by Gasteiger charge is 2.18. The molecule has 3 aromatic rings. The molecule has 2 N–H and O–H groups in total. The molecule has 0 saturated carbocycles. The fourth-order valence-corrected chi connectivity index (χ4v) is 6.29. The quantitative estimate of drug-likeness (QED) is 0.270. The van der Waals surface area contributed by atoms with Crippen LogP contribution in [0.4, 0.5) is 5.69 Å². The minimum Gasteiger partial charge on any atom is -0.493 e. The Bertz CT molecular complexity index is 1220. The Morgan fingerprint density at radius 2 is 1.65 bits per heavy atom. The van der Waals surface area contributed by atoms with Gasteiger partial charge in [-0.2, -0.15) is 5.10 Å². The Labute approximate surface area is 224 Å². The number of nitrogens with one attached hydrogen (secondary N) is 2. The summed E-state index contributed by atoms with van der Waals surface area (Å²) in [6.45, 7) is -0.405. The smallest absolute Gasteiger partial charge is 0.277 e. The van der Waals surface area contributed by atoms with E-state index in [2.05, 4.69) is 15.8 Å². The molecule has 0 radical (unpaired) electrons. The molecular weight excluding hydrogens is 510 g/mol. The zero-order valence-electron chi connectivity index (χ0n) is 20.2. The fourth-order valence-electron chi connectivity index (χ4n) is 3.43. The third-order valence-corrected chi connectivity index (χ3v) is 8.28. The van der Waals surface area contributed by atoms with Gasteiger partial charge in [0, 0.05) is 22.8 Å². The number of amides is 2. The number of hydrogen-bond acceptors (Lipinski definition) is 8. The van der Waals surface area contributed by atoms with E-state index < -0.39 is 5.91 Å². The molecule has 0 atom stereocenters. The third-order valence-electron chi connectivity index (χ3n) is 5.17. The lowest BCUT2D eigenvalue weighted by Gasteiger charge is -2.13. The summed E-state index contributed by atoms with van der Waals surface area (Å²) in [5, 5.41) is 6.77. The number of anilines is 1. The summed E-state index contributed by atoms with van der Waals surface area (Å²) < 4.78 is 17.1. The summed E-state index contributed by atoms with van der Waals surface area (Å²) in [6, 6.07) is 22.1. The van der Waals surface area contributed by atoms with E-state index in [1.54, 1.807) is 30.3 Å². The first-order valence-electron chi connectivity index (χ1n) is 11.5. The van der Waals surface area contributed by atoms with E-state index in [0.29, 0.717) is 33.1 Å². The standard InChI is InChI=1S/C27H27N3O5S2/c1-33-23-9-5-6-20(26(23)35-17-24(31)29-21-7-3-2-4-8-21)16-28-30-25(32)18-34-22-12-10-19(11-13-22)27-36-14-15-37-27/h2-13,16,27H,14-15,17-18H2,1H3,(H,29,31)(H,30,32)/b28-16-. The lowest BCUT2D eigenvalue weighted by molar-refractivity contribution is -0.123. The summed E-state index contributed by atoms with van der Waals surface area (Å²) in [6.07, 6.45) is 1.43. The second kappa shape index (κ2) is 13.6. The molecule has 0 bridgehead atoms. The molecular formula is C27H27N3O5S2. The van der Waals surface area contributed by atoms with Crippen LogP contribution in [0.5, 0.6) is 17.2 Å². The van der Waals surface area contributed by atoms with Gasteiger partial charge in [-0.25, -0.2) is 5.43 Å². The second-order valence-corrected chi connectivity index (χ2v) is 10.5. The normalized spacial score (nSPS) is 13.3. The number of carbonyl (C=O) groups excluding carboxylic acids is 2. The van der Waals surface area contributed by atoms with Crippen molar-refractivity contribution in [2.24, 2.45) is 5.10 Å². The molecule has 37 heavy (non-hydrogen) atoms. The molecule has 1 aliphatic rings. The van der Waals surface area contributed by atoms with E-state index >= 15 is 0 Å². The first kappa shape index (κ1) is 26.4. The Kier molecular flexibility index (Phi) is 9.73. The van der Waals surface area contributed by atoms with E-state index in [1.165, 1.54) is 30.4 Å². The molecule has 0 aliphatic carbocycles. The van der Waals surface area contributed by atoms with E-state index in [0.717, 1.165) is 0 Å². The van der Waals surface area contributed by atoms with Crippen molar-refractivity contribution in [1.82, 2.24) is 5.43 Å². The van der Waals surface area contributed by atoms with Gasteiger partial charge < -0.3 is 19.5 Å². The molecule has 1 fully saturated rings. The molecule has 10 heteroatoms. The van der Waals surface area contributed by atoms with Crippen LogP contribution in [0.15, 0.2) is 77.9 Å². The van der Waals surface area contributed by atoms with Crippen molar-refractivity contribution < 1.29 is 23.8 Å². The van der Waals surface area contributed by atoms with Gasteiger partial charge in [0.05, 0.1) is 17.9 Å². The summed E-state index contributed by atoms with van der Waals surface area (Å²) in [7, 11) is 1.50. The highest BCUT2D eigenvalue weighted by molar-refractivity contribution is 8.19. The van der Waals surface area contributed by atoms with Crippen LogP contribution < -0.4 is 25.0 Å². The van der Waals surface area contributed by atoms with Crippen molar-refractivity contribution in [1.29, 1.82) is 0 Å². The van der Waals surface area contributed by atoms with Gasteiger partial charge >= 0.3 is 0 Å². The largest absolute Gasteiger partial charge is 0.493 e. The number of methoxy groups -OCH3 is 1. The Morgan fingerprint density at radius 1 is 0.919 bits per heavy atom. The Hall–Kier alpha value is -3.63. The van der Waals surface area contributed by atoms with Crippen LogP contribution in [0.2, 0.25) is 0 Å². The van der Waals surface area contributed by atoms with Crippen LogP contribution in [0, 0.1) is 0 Å². The number of hydrogen-bond donors (Lipinski definition) is 2. The van der Waals surface area contributed by atoms with Gasteiger partial charge in [-0.05, 0) is 42.0 Å². The number of hydrazone groups is 1. The predicted octanol–water partition coefficient (Wildman–Crippen LogP) is 4.72. The Morgan fingerprint density at radius 3 is 2.38 bits per heavy atom. The summed E-state index contributed by atoms with van der Waals surface area (Å²) in [5.41, 5.74) is 4.90. The van der Waals surface area contributed by atoms with Crippen molar-refractivity contribution in [2.45, 2.75) is 4.58 Å². The highest BCUT2D eigenvalue weighted by atomic mass is 32.2. The van der Waals surface area contributed by atoms with E-state index in [9.17, 15) is 9.59 Å². The molecule has 3 aromatic carbocycles. The minimum absolute atomic E-state index is 0.176. The minimum atomic E-state index is -0.408. The molecule has 8 nitrogen and oxygen atoms in total. The van der Waals surface area contributed by atoms with E-state index in [1.807, 2.05) is 66.0 Å². The van der Waals surface area contributed by atoms with E-state index in [4.69, 9.17) is 14.2 Å². The third kappa shape index (κ3) is 7.93. The molecule has 1 heterocycles. The second-order valence-electron chi connectivity index (χ2n) is 7.81. The van der Waals surface area contributed by atoms with Crippen LogP contribution in [-0.4, -0.2) is 49.9 Å². The highest BCUT2D eigenvalue weighted by Crippen LogP contribution is 2.45. The van der Waals surface area contributed by atoms with Crippen LogP contribution in [0.1, 0.15) is 15.7 Å². The summed E-state index contributed by atoms with van der Waals surface area (Å²) in [4.78, 5) is 24.5. The zero-order valence-corrected chi connectivity index (χ0v) is 21.8.